The molecule has 0 amide bonds. The minimum Gasteiger partial charge on any atom is -0.465 e. The molecular formula is C15H17N3O. The predicted molar refractivity (Wildman–Crippen MR) is 73.9 cm³/mol. The van der Waals surface area contributed by atoms with E-state index in [-0.39, 0.29) is 0 Å². The molecule has 4 nitrogen and oxygen atoms in total. The molecule has 3 rings (SSSR count). The van der Waals surface area contributed by atoms with Crippen molar-refractivity contribution in [3.05, 3.63) is 59.4 Å². The van der Waals surface area contributed by atoms with Gasteiger partial charge in [0.15, 0.2) is 0 Å². The van der Waals surface area contributed by atoms with Crippen molar-refractivity contribution >= 4 is 5.65 Å². The van der Waals surface area contributed by atoms with Crippen LogP contribution in [0.2, 0.25) is 0 Å². The van der Waals surface area contributed by atoms with Gasteiger partial charge in [-0.3, -0.25) is 0 Å². The third kappa shape index (κ3) is 2.53. The Morgan fingerprint density at radius 2 is 2.05 bits per heavy atom. The minimum atomic E-state index is 0.723. The number of hydrogen-bond acceptors (Lipinski definition) is 3. The summed E-state index contributed by atoms with van der Waals surface area (Å²) in [6.07, 6.45) is 2.07. The second-order valence-electron chi connectivity index (χ2n) is 4.74. The molecule has 0 spiro atoms. The van der Waals surface area contributed by atoms with Crippen molar-refractivity contribution in [3.63, 3.8) is 0 Å². The highest BCUT2D eigenvalue weighted by atomic mass is 16.3. The van der Waals surface area contributed by atoms with Gasteiger partial charge in [0.25, 0.3) is 0 Å². The zero-order chi connectivity index (χ0) is 13.2. The summed E-state index contributed by atoms with van der Waals surface area (Å²) in [4.78, 5) is 4.58. The lowest BCUT2D eigenvalue weighted by atomic mass is 10.4. The van der Waals surface area contributed by atoms with Gasteiger partial charge in [0.05, 0.1) is 12.2 Å². The molecule has 0 aromatic carbocycles. The van der Waals surface area contributed by atoms with E-state index >= 15 is 0 Å². The average molecular weight is 255 g/mol. The Kier molecular flexibility index (Phi) is 3.09. The number of furan rings is 1. The van der Waals surface area contributed by atoms with Crippen LogP contribution in [0.1, 0.15) is 22.9 Å². The molecule has 0 saturated carbocycles. The van der Waals surface area contributed by atoms with Gasteiger partial charge in [-0.25, -0.2) is 4.98 Å². The highest BCUT2D eigenvalue weighted by molar-refractivity contribution is 5.41. The predicted octanol–water partition coefficient (Wildman–Crippen LogP) is 2.83. The van der Waals surface area contributed by atoms with Crippen LogP contribution < -0.4 is 5.32 Å². The van der Waals surface area contributed by atoms with Crippen molar-refractivity contribution in [2.45, 2.75) is 26.9 Å². The number of imidazole rings is 1. The molecule has 3 aromatic heterocycles. The average Bonchev–Trinajstić information content (AvgIpc) is 2.97. The molecule has 19 heavy (non-hydrogen) atoms. The van der Waals surface area contributed by atoms with Crippen molar-refractivity contribution in [3.8, 4) is 0 Å². The number of pyridine rings is 1. The molecule has 98 valence electrons. The van der Waals surface area contributed by atoms with Crippen LogP contribution in [0.5, 0.6) is 0 Å². The summed E-state index contributed by atoms with van der Waals surface area (Å²) in [7, 11) is 0. The largest absolute Gasteiger partial charge is 0.465 e. The van der Waals surface area contributed by atoms with Crippen LogP contribution in [0, 0.1) is 13.8 Å². The third-order valence-electron chi connectivity index (χ3n) is 3.15. The van der Waals surface area contributed by atoms with Crippen LogP contribution >= 0.6 is 0 Å². The van der Waals surface area contributed by atoms with E-state index in [0.29, 0.717) is 0 Å². The molecule has 4 heteroatoms. The summed E-state index contributed by atoms with van der Waals surface area (Å²) in [5.74, 6) is 1.90. The number of hydrogen-bond donors (Lipinski definition) is 1. The Balaban J connectivity index is 1.67. The first kappa shape index (κ1) is 12.0. The minimum absolute atomic E-state index is 0.723. The van der Waals surface area contributed by atoms with Crippen LogP contribution in [0.4, 0.5) is 0 Å². The number of fused-ring (bicyclic) bond motifs is 1. The normalized spacial score (nSPS) is 11.3. The van der Waals surface area contributed by atoms with Crippen molar-refractivity contribution in [1.82, 2.24) is 14.7 Å². The quantitative estimate of drug-likeness (QED) is 0.779. The second kappa shape index (κ2) is 4.90. The van der Waals surface area contributed by atoms with Gasteiger partial charge in [0.2, 0.25) is 0 Å². The summed E-state index contributed by atoms with van der Waals surface area (Å²) >= 11 is 0. The van der Waals surface area contributed by atoms with Gasteiger partial charge in [0, 0.05) is 18.4 Å². The second-order valence-corrected chi connectivity index (χ2v) is 4.74. The number of aryl methyl sites for hydroxylation is 2. The number of nitrogens with one attached hydrogen (secondary N) is 1. The number of nitrogens with zero attached hydrogens (tertiary/aromatic N) is 2. The molecule has 0 bridgehead atoms. The van der Waals surface area contributed by atoms with E-state index in [9.17, 15) is 0 Å². The summed E-state index contributed by atoms with van der Waals surface area (Å²) in [6.45, 7) is 5.49. The van der Waals surface area contributed by atoms with Crippen LogP contribution in [0.25, 0.3) is 5.65 Å². The Hall–Kier alpha value is -2.07. The van der Waals surface area contributed by atoms with Crippen LogP contribution in [0.3, 0.4) is 0 Å². The fraction of sp³-hybridized carbons (Fsp3) is 0.267. The van der Waals surface area contributed by atoms with Gasteiger partial charge in [-0.1, -0.05) is 6.07 Å². The van der Waals surface area contributed by atoms with E-state index in [1.54, 1.807) is 0 Å². The molecule has 1 N–H and O–H groups in total. The Morgan fingerprint density at radius 3 is 2.79 bits per heavy atom. The monoisotopic (exact) mass is 255 g/mol. The summed E-state index contributed by atoms with van der Waals surface area (Å²) in [5, 5.41) is 3.34. The van der Waals surface area contributed by atoms with Crippen molar-refractivity contribution in [2.75, 3.05) is 0 Å². The maximum atomic E-state index is 5.51. The van der Waals surface area contributed by atoms with E-state index in [0.717, 1.165) is 36.0 Å². The Labute approximate surface area is 112 Å². The number of aromatic nitrogens is 2. The highest BCUT2D eigenvalue weighted by Crippen LogP contribution is 2.09. The van der Waals surface area contributed by atoms with E-state index in [1.165, 1.54) is 5.69 Å². The first-order valence-electron chi connectivity index (χ1n) is 6.42. The van der Waals surface area contributed by atoms with E-state index in [1.807, 2.05) is 31.2 Å². The fourth-order valence-corrected chi connectivity index (χ4v) is 2.18. The molecule has 0 aliphatic carbocycles. The Bertz CT molecular complexity index is 696. The van der Waals surface area contributed by atoms with Crippen LogP contribution in [-0.2, 0) is 13.1 Å². The van der Waals surface area contributed by atoms with Gasteiger partial charge in [-0.2, -0.15) is 0 Å². The van der Waals surface area contributed by atoms with Gasteiger partial charge in [-0.05, 0) is 38.1 Å². The number of rotatable bonds is 4. The fourth-order valence-electron chi connectivity index (χ4n) is 2.18. The molecule has 0 fully saturated rings. The lowest BCUT2D eigenvalue weighted by molar-refractivity contribution is 0.461. The lowest BCUT2D eigenvalue weighted by Crippen LogP contribution is -2.12. The standard InChI is InChI=1S/C15H17N3O/c1-11-4-3-5-15-17-13(10-18(11)15)8-16-9-14-7-6-12(2)19-14/h3-7,10,16H,8-9H2,1-2H3. The molecule has 0 radical (unpaired) electrons. The molecule has 0 unspecified atom stereocenters. The van der Waals surface area contributed by atoms with Crippen LogP contribution in [-0.4, -0.2) is 9.38 Å². The summed E-state index contributed by atoms with van der Waals surface area (Å²) in [5.41, 5.74) is 3.22. The van der Waals surface area contributed by atoms with Gasteiger partial charge in [-0.15, -0.1) is 0 Å². The van der Waals surface area contributed by atoms with Gasteiger partial charge < -0.3 is 14.1 Å². The summed E-state index contributed by atoms with van der Waals surface area (Å²) < 4.78 is 7.62. The zero-order valence-corrected chi connectivity index (χ0v) is 11.2. The molecule has 0 atom stereocenters. The molecular weight excluding hydrogens is 238 g/mol. The topological polar surface area (TPSA) is 42.5 Å². The molecule has 0 aliphatic rings. The van der Waals surface area contributed by atoms with Gasteiger partial charge >= 0.3 is 0 Å². The SMILES string of the molecule is Cc1ccc(CNCc2cn3c(C)cccc3n2)o1. The maximum Gasteiger partial charge on any atom is 0.137 e. The van der Waals surface area contributed by atoms with Crippen molar-refractivity contribution in [1.29, 1.82) is 0 Å². The van der Waals surface area contributed by atoms with E-state index < -0.39 is 0 Å². The molecule has 0 aliphatic heterocycles. The molecule has 0 saturated heterocycles. The maximum absolute atomic E-state index is 5.51. The van der Waals surface area contributed by atoms with Crippen molar-refractivity contribution < 1.29 is 4.42 Å². The van der Waals surface area contributed by atoms with E-state index in [4.69, 9.17) is 4.42 Å². The van der Waals surface area contributed by atoms with Crippen LogP contribution in [0.15, 0.2) is 40.9 Å². The molecule has 3 heterocycles. The summed E-state index contributed by atoms with van der Waals surface area (Å²) in [6, 6.07) is 10.1. The smallest absolute Gasteiger partial charge is 0.137 e. The van der Waals surface area contributed by atoms with E-state index in [2.05, 4.69) is 33.9 Å². The third-order valence-corrected chi connectivity index (χ3v) is 3.15. The molecule has 3 aromatic rings. The van der Waals surface area contributed by atoms with Crippen molar-refractivity contribution in [2.24, 2.45) is 0 Å². The first-order valence-corrected chi connectivity index (χ1v) is 6.42. The first-order chi connectivity index (χ1) is 9.22. The van der Waals surface area contributed by atoms with Gasteiger partial charge in [0.1, 0.15) is 17.2 Å². The zero-order valence-electron chi connectivity index (χ0n) is 11.2. The lowest BCUT2D eigenvalue weighted by Gasteiger charge is -1.99. The Morgan fingerprint density at radius 1 is 1.16 bits per heavy atom. The highest BCUT2D eigenvalue weighted by Gasteiger charge is 2.03.